The molecule has 0 aliphatic heterocycles. The van der Waals surface area contributed by atoms with Crippen LogP contribution in [0.4, 0.5) is 8.78 Å². The Kier molecular flexibility index (Phi) is 7.57. The number of carbonyl (C=O) groups excluding carboxylic acids is 3. The van der Waals surface area contributed by atoms with E-state index in [1.807, 2.05) is 6.07 Å². The van der Waals surface area contributed by atoms with Crippen LogP contribution >= 0.6 is 0 Å². The number of ketones is 1. The molecule has 0 bridgehead atoms. The third-order valence-electron chi connectivity index (χ3n) is 4.81. The van der Waals surface area contributed by atoms with Crippen molar-refractivity contribution in [2.45, 2.75) is 25.4 Å². The van der Waals surface area contributed by atoms with Crippen molar-refractivity contribution in [2.24, 2.45) is 0 Å². The van der Waals surface area contributed by atoms with Crippen LogP contribution in [0.3, 0.4) is 0 Å². The SMILES string of the molecule is C[C@H](N[C@H](C(=O)c1ccccc1)c1ccccc1)C(=O)NC(=O)Cc1cc(F)cc(F)c1. The predicted molar refractivity (Wildman–Crippen MR) is 116 cm³/mol. The molecule has 3 rings (SSSR count). The second-order valence-electron chi connectivity index (χ2n) is 7.33. The van der Waals surface area contributed by atoms with Crippen molar-refractivity contribution in [3.05, 3.63) is 107 Å². The molecule has 32 heavy (non-hydrogen) atoms. The molecule has 0 aromatic heterocycles. The van der Waals surface area contributed by atoms with Crippen LogP contribution in [-0.4, -0.2) is 23.6 Å². The zero-order chi connectivity index (χ0) is 23.1. The summed E-state index contributed by atoms with van der Waals surface area (Å²) in [6.07, 6.45) is -0.363. The molecule has 3 aromatic rings. The molecule has 2 amide bonds. The van der Waals surface area contributed by atoms with E-state index in [4.69, 9.17) is 0 Å². The summed E-state index contributed by atoms with van der Waals surface area (Å²) in [6, 6.07) is 18.6. The monoisotopic (exact) mass is 436 g/mol. The van der Waals surface area contributed by atoms with Gasteiger partial charge in [0.05, 0.1) is 18.5 Å². The third-order valence-corrected chi connectivity index (χ3v) is 4.81. The standard InChI is InChI=1S/C25H22F2N2O3/c1-16(25(32)29-22(30)14-17-12-20(26)15-21(27)13-17)28-23(18-8-4-2-5-9-18)24(31)19-10-6-3-7-11-19/h2-13,15-16,23,28H,14H2,1H3,(H,29,30,32)/t16-,23-/m0/s1. The molecular weight excluding hydrogens is 414 g/mol. The molecular formula is C25H22F2N2O3. The van der Waals surface area contributed by atoms with Gasteiger partial charge in [-0.2, -0.15) is 0 Å². The van der Waals surface area contributed by atoms with Crippen LogP contribution in [0.25, 0.3) is 0 Å². The minimum Gasteiger partial charge on any atom is -0.295 e. The average Bonchev–Trinajstić information content (AvgIpc) is 2.77. The number of benzene rings is 3. The lowest BCUT2D eigenvalue weighted by atomic mass is 9.96. The van der Waals surface area contributed by atoms with E-state index in [9.17, 15) is 23.2 Å². The lowest BCUT2D eigenvalue weighted by Gasteiger charge is -2.22. The zero-order valence-electron chi connectivity index (χ0n) is 17.3. The largest absolute Gasteiger partial charge is 0.295 e. The molecule has 7 heteroatoms. The Hall–Kier alpha value is -3.71. The molecule has 0 fully saturated rings. The normalized spacial score (nSPS) is 12.6. The Morgan fingerprint density at radius 2 is 1.41 bits per heavy atom. The van der Waals surface area contributed by atoms with Gasteiger partial charge in [-0.05, 0) is 30.2 Å². The number of imide groups is 1. The molecule has 0 unspecified atom stereocenters. The van der Waals surface area contributed by atoms with E-state index in [1.54, 1.807) is 54.6 Å². The number of rotatable bonds is 8. The summed E-state index contributed by atoms with van der Waals surface area (Å²) >= 11 is 0. The zero-order valence-corrected chi connectivity index (χ0v) is 17.3. The van der Waals surface area contributed by atoms with E-state index in [0.717, 1.165) is 12.1 Å². The highest BCUT2D eigenvalue weighted by Crippen LogP contribution is 2.19. The smallest absolute Gasteiger partial charge is 0.243 e. The maximum atomic E-state index is 13.3. The van der Waals surface area contributed by atoms with Gasteiger partial charge in [0.15, 0.2) is 5.78 Å². The summed E-state index contributed by atoms with van der Waals surface area (Å²) in [5, 5.41) is 5.19. The van der Waals surface area contributed by atoms with Gasteiger partial charge in [-0.15, -0.1) is 0 Å². The second kappa shape index (κ2) is 10.5. The predicted octanol–water partition coefficient (Wildman–Crippen LogP) is 3.75. The number of halogens is 2. The first kappa shape index (κ1) is 23.0. The fraction of sp³-hybridized carbons (Fsp3) is 0.160. The van der Waals surface area contributed by atoms with Gasteiger partial charge in [0.25, 0.3) is 0 Å². The molecule has 0 radical (unpaired) electrons. The Morgan fingerprint density at radius 1 is 0.844 bits per heavy atom. The third kappa shape index (κ3) is 6.15. The van der Waals surface area contributed by atoms with Crippen LogP contribution in [0.15, 0.2) is 78.9 Å². The number of carbonyl (C=O) groups is 3. The van der Waals surface area contributed by atoms with E-state index in [0.29, 0.717) is 17.2 Å². The van der Waals surface area contributed by atoms with E-state index >= 15 is 0 Å². The molecule has 0 aliphatic rings. The maximum absolute atomic E-state index is 13.3. The summed E-state index contributed by atoms with van der Waals surface area (Å²) in [4.78, 5) is 37.8. The molecule has 164 valence electrons. The van der Waals surface area contributed by atoms with Gasteiger partial charge in [-0.1, -0.05) is 60.7 Å². The summed E-state index contributed by atoms with van der Waals surface area (Å²) in [5.74, 6) is -3.20. The summed E-state index contributed by atoms with van der Waals surface area (Å²) in [6.45, 7) is 1.53. The molecule has 0 aliphatic carbocycles. The van der Waals surface area contributed by atoms with Crippen molar-refractivity contribution in [1.29, 1.82) is 0 Å². The highest BCUT2D eigenvalue weighted by Gasteiger charge is 2.26. The average molecular weight is 436 g/mol. The van der Waals surface area contributed by atoms with Crippen LogP contribution in [0.5, 0.6) is 0 Å². The lowest BCUT2D eigenvalue weighted by Crippen LogP contribution is -2.47. The number of hydrogen-bond donors (Lipinski definition) is 2. The quantitative estimate of drug-likeness (QED) is 0.528. The Morgan fingerprint density at radius 3 is 2.00 bits per heavy atom. The van der Waals surface area contributed by atoms with E-state index < -0.39 is 35.5 Å². The lowest BCUT2D eigenvalue weighted by molar-refractivity contribution is -0.131. The van der Waals surface area contributed by atoms with Gasteiger partial charge >= 0.3 is 0 Å². The first-order valence-corrected chi connectivity index (χ1v) is 10.0. The van der Waals surface area contributed by atoms with Crippen LogP contribution in [0.1, 0.15) is 34.5 Å². The van der Waals surface area contributed by atoms with Gasteiger partial charge in [0.1, 0.15) is 11.6 Å². The molecule has 0 spiro atoms. The maximum Gasteiger partial charge on any atom is 0.243 e. The number of hydrogen-bond acceptors (Lipinski definition) is 4. The van der Waals surface area contributed by atoms with Gasteiger partial charge in [0.2, 0.25) is 11.8 Å². The summed E-state index contributed by atoms with van der Waals surface area (Å²) < 4.78 is 26.6. The van der Waals surface area contributed by atoms with Gasteiger partial charge in [-0.3, -0.25) is 25.0 Å². The molecule has 2 atom stereocenters. The molecule has 5 nitrogen and oxygen atoms in total. The van der Waals surface area contributed by atoms with Crippen LogP contribution < -0.4 is 10.6 Å². The van der Waals surface area contributed by atoms with Crippen molar-refractivity contribution in [3.63, 3.8) is 0 Å². The van der Waals surface area contributed by atoms with E-state index in [2.05, 4.69) is 10.6 Å². The van der Waals surface area contributed by atoms with Gasteiger partial charge in [-0.25, -0.2) is 8.78 Å². The minimum absolute atomic E-state index is 0.106. The molecule has 0 heterocycles. The topological polar surface area (TPSA) is 75.3 Å². The Labute approximate surface area is 184 Å². The van der Waals surface area contributed by atoms with Crippen molar-refractivity contribution in [3.8, 4) is 0 Å². The fourth-order valence-corrected chi connectivity index (χ4v) is 3.25. The highest BCUT2D eigenvalue weighted by molar-refractivity contribution is 6.02. The molecule has 0 saturated heterocycles. The molecule has 2 N–H and O–H groups in total. The Bertz CT molecular complexity index is 1080. The van der Waals surface area contributed by atoms with Gasteiger partial charge < -0.3 is 0 Å². The summed E-state index contributed by atoms with van der Waals surface area (Å²) in [7, 11) is 0. The Balaban J connectivity index is 1.69. The van der Waals surface area contributed by atoms with Crippen molar-refractivity contribution in [2.75, 3.05) is 0 Å². The number of nitrogens with one attached hydrogen (secondary N) is 2. The van der Waals surface area contributed by atoms with Crippen LogP contribution in [0, 0.1) is 11.6 Å². The van der Waals surface area contributed by atoms with Crippen molar-refractivity contribution >= 4 is 17.6 Å². The van der Waals surface area contributed by atoms with Crippen LogP contribution in [0.2, 0.25) is 0 Å². The highest BCUT2D eigenvalue weighted by atomic mass is 19.1. The van der Waals surface area contributed by atoms with Gasteiger partial charge in [0, 0.05) is 11.6 Å². The first-order chi connectivity index (χ1) is 15.3. The first-order valence-electron chi connectivity index (χ1n) is 10.0. The number of amides is 2. The second-order valence-corrected chi connectivity index (χ2v) is 7.33. The molecule has 3 aromatic carbocycles. The number of Topliss-reactive ketones (excluding diaryl/α,β-unsaturated/α-hetero) is 1. The van der Waals surface area contributed by atoms with E-state index in [-0.39, 0.29) is 17.8 Å². The minimum atomic E-state index is -0.902. The fourth-order valence-electron chi connectivity index (χ4n) is 3.25. The summed E-state index contributed by atoms with van der Waals surface area (Å²) in [5.41, 5.74) is 1.25. The molecule has 0 saturated carbocycles. The van der Waals surface area contributed by atoms with Crippen LogP contribution in [-0.2, 0) is 16.0 Å². The van der Waals surface area contributed by atoms with Crippen molar-refractivity contribution in [1.82, 2.24) is 10.6 Å². The van der Waals surface area contributed by atoms with Crippen molar-refractivity contribution < 1.29 is 23.2 Å². The van der Waals surface area contributed by atoms with E-state index in [1.165, 1.54) is 6.92 Å².